The number of amides is 2. The van der Waals surface area contributed by atoms with E-state index in [2.05, 4.69) is 5.32 Å². The molecule has 0 bridgehead atoms. The van der Waals surface area contributed by atoms with Crippen LogP contribution in [0.25, 0.3) is 0 Å². The molecule has 46 heavy (non-hydrogen) atoms. The number of benzene rings is 3. The van der Waals surface area contributed by atoms with Crippen LogP contribution in [0.15, 0.2) is 65.6 Å². The van der Waals surface area contributed by atoms with Crippen LogP contribution >= 0.6 is 0 Å². The summed E-state index contributed by atoms with van der Waals surface area (Å²) in [6, 6.07) is 13.3. The Morgan fingerprint density at radius 3 is 2.09 bits per heavy atom. The Bertz CT molecular complexity index is 1580. The number of anilines is 1. The molecule has 0 unspecified atom stereocenters. The molecule has 0 aromatic heterocycles. The predicted molar refractivity (Wildman–Crippen MR) is 173 cm³/mol. The van der Waals surface area contributed by atoms with Gasteiger partial charge in [0.15, 0.2) is 11.5 Å². The third-order valence-corrected chi connectivity index (χ3v) is 9.11. The molecule has 3 aromatic carbocycles. The van der Waals surface area contributed by atoms with Gasteiger partial charge in [0, 0.05) is 25.2 Å². The van der Waals surface area contributed by atoms with Crippen molar-refractivity contribution in [3.05, 3.63) is 72.0 Å². The molecule has 3 rings (SSSR count). The summed E-state index contributed by atoms with van der Waals surface area (Å²) in [5, 5.41) is 2.88. The summed E-state index contributed by atoms with van der Waals surface area (Å²) < 4.78 is 65.0. The van der Waals surface area contributed by atoms with E-state index in [1.807, 2.05) is 6.92 Å². The predicted octanol–water partition coefficient (Wildman–Crippen LogP) is 4.78. The zero-order valence-electron chi connectivity index (χ0n) is 27.0. The maximum absolute atomic E-state index is 14.4. The highest BCUT2D eigenvalue weighted by Crippen LogP contribution is 2.38. The monoisotopic (exact) mass is 659 g/mol. The Kier molecular flexibility index (Phi) is 13.0. The first-order chi connectivity index (χ1) is 22.0. The first kappa shape index (κ1) is 36.0. The minimum Gasteiger partial charge on any atom is -0.497 e. The number of carbonyl (C=O) groups is 2. The van der Waals surface area contributed by atoms with Crippen molar-refractivity contribution in [1.29, 1.82) is 0 Å². The molecule has 1 atom stereocenters. The average molecular weight is 660 g/mol. The number of halogens is 1. The zero-order chi connectivity index (χ0) is 33.9. The standard InChI is InChI=1S/C33H42FN3O8S/c1-7-9-18-35-33(39)27(8-2)36(21-23-10-12-24(34)13-11-23)32(38)22-37(28-19-25(42-3)14-16-29(28)43-4)46(40,41)26-15-17-30(44-5)31(20-26)45-6/h10-17,19-20,27H,7-9,18,21-22H2,1-6H3,(H,35,39)/t27-/m1/s1. The minimum atomic E-state index is -4.48. The molecule has 11 nitrogen and oxygen atoms in total. The van der Waals surface area contributed by atoms with Crippen LogP contribution in [0.5, 0.6) is 23.0 Å². The highest BCUT2D eigenvalue weighted by Gasteiger charge is 2.35. The van der Waals surface area contributed by atoms with Crippen molar-refractivity contribution >= 4 is 27.5 Å². The van der Waals surface area contributed by atoms with Crippen LogP contribution < -0.4 is 28.6 Å². The second kappa shape index (κ2) is 16.7. The van der Waals surface area contributed by atoms with Crippen LogP contribution in [0.1, 0.15) is 38.7 Å². The highest BCUT2D eigenvalue weighted by molar-refractivity contribution is 7.92. The van der Waals surface area contributed by atoms with E-state index < -0.39 is 34.3 Å². The van der Waals surface area contributed by atoms with Gasteiger partial charge in [0.25, 0.3) is 10.0 Å². The molecule has 0 heterocycles. The lowest BCUT2D eigenvalue weighted by Gasteiger charge is -2.33. The van der Waals surface area contributed by atoms with Crippen molar-refractivity contribution in [2.75, 3.05) is 45.8 Å². The number of ether oxygens (including phenoxy) is 4. The zero-order valence-corrected chi connectivity index (χ0v) is 27.9. The van der Waals surface area contributed by atoms with Crippen LogP contribution in [-0.2, 0) is 26.2 Å². The van der Waals surface area contributed by atoms with E-state index in [1.165, 1.54) is 87.9 Å². The number of hydrogen-bond acceptors (Lipinski definition) is 8. The Hall–Kier alpha value is -4.52. The van der Waals surface area contributed by atoms with Gasteiger partial charge >= 0.3 is 0 Å². The lowest BCUT2D eigenvalue weighted by atomic mass is 10.1. The summed E-state index contributed by atoms with van der Waals surface area (Å²) in [5.41, 5.74) is 0.593. The SMILES string of the molecule is CCCCNC(=O)[C@@H](CC)N(Cc1ccc(F)cc1)C(=O)CN(c1cc(OC)ccc1OC)S(=O)(=O)c1ccc(OC)c(OC)c1. The molecule has 3 aromatic rings. The van der Waals surface area contributed by atoms with Gasteiger partial charge < -0.3 is 29.2 Å². The number of carbonyl (C=O) groups excluding carboxylic acids is 2. The topological polar surface area (TPSA) is 124 Å². The van der Waals surface area contributed by atoms with E-state index in [1.54, 1.807) is 13.0 Å². The normalized spacial score (nSPS) is 11.7. The molecule has 0 aliphatic rings. The third-order valence-electron chi connectivity index (χ3n) is 7.36. The van der Waals surface area contributed by atoms with Crippen LogP contribution in [0, 0.1) is 5.82 Å². The van der Waals surface area contributed by atoms with Crippen molar-refractivity contribution in [2.45, 2.75) is 50.6 Å². The molecule has 0 saturated heterocycles. The fraction of sp³-hybridized carbons (Fsp3) is 0.394. The van der Waals surface area contributed by atoms with E-state index in [4.69, 9.17) is 18.9 Å². The van der Waals surface area contributed by atoms with Gasteiger partial charge in [-0.2, -0.15) is 0 Å². The van der Waals surface area contributed by atoms with E-state index >= 15 is 0 Å². The van der Waals surface area contributed by atoms with Crippen molar-refractivity contribution in [1.82, 2.24) is 10.2 Å². The van der Waals surface area contributed by atoms with Gasteiger partial charge in [-0.15, -0.1) is 0 Å². The molecular formula is C33H42FN3O8S. The molecule has 0 fully saturated rings. The van der Waals surface area contributed by atoms with Crippen molar-refractivity contribution in [2.24, 2.45) is 0 Å². The number of rotatable bonds is 17. The molecule has 1 N–H and O–H groups in total. The van der Waals surface area contributed by atoms with Gasteiger partial charge in [0.2, 0.25) is 11.8 Å². The molecular weight excluding hydrogens is 617 g/mol. The largest absolute Gasteiger partial charge is 0.497 e. The number of unbranched alkanes of at least 4 members (excludes halogenated alkanes) is 1. The molecule has 2 amide bonds. The summed E-state index contributed by atoms with van der Waals surface area (Å²) in [6.07, 6.45) is 1.86. The third kappa shape index (κ3) is 8.59. The second-order valence-electron chi connectivity index (χ2n) is 10.3. The number of sulfonamides is 1. The Morgan fingerprint density at radius 2 is 1.50 bits per heavy atom. The van der Waals surface area contributed by atoms with Gasteiger partial charge in [-0.25, -0.2) is 12.8 Å². The van der Waals surface area contributed by atoms with Crippen LogP contribution in [0.3, 0.4) is 0 Å². The Labute approximate surface area is 270 Å². The molecule has 250 valence electrons. The molecule has 0 aliphatic heterocycles. The lowest BCUT2D eigenvalue weighted by molar-refractivity contribution is -0.140. The van der Waals surface area contributed by atoms with E-state index in [-0.39, 0.29) is 41.0 Å². The van der Waals surface area contributed by atoms with Crippen LogP contribution in [0.2, 0.25) is 0 Å². The number of nitrogens with one attached hydrogen (secondary N) is 1. The smallest absolute Gasteiger partial charge is 0.265 e. The van der Waals surface area contributed by atoms with Crippen molar-refractivity contribution in [3.8, 4) is 23.0 Å². The highest BCUT2D eigenvalue weighted by atomic mass is 32.2. The first-order valence-corrected chi connectivity index (χ1v) is 16.3. The Morgan fingerprint density at radius 1 is 0.848 bits per heavy atom. The summed E-state index contributed by atoms with van der Waals surface area (Å²) in [6.45, 7) is 3.40. The van der Waals surface area contributed by atoms with Crippen molar-refractivity contribution < 1.29 is 41.3 Å². The summed E-state index contributed by atoms with van der Waals surface area (Å²) >= 11 is 0. The molecule has 0 radical (unpaired) electrons. The molecule has 0 aliphatic carbocycles. The van der Waals surface area contributed by atoms with E-state index in [0.717, 1.165) is 17.1 Å². The van der Waals surface area contributed by atoms with Gasteiger partial charge in [0.1, 0.15) is 29.9 Å². The average Bonchev–Trinajstić information content (AvgIpc) is 3.07. The number of methoxy groups -OCH3 is 4. The van der Waals surface area contributed by atoms with Gasteiger partial charge in [0.05, 0.1) is 39.0 Å². The second-order valence-corrected chi connectivity index (χ2v) is 12.1. The van der Waals surface area contributed by atoms with Gasteiger partial charge in [-0.1, -0.05) is 32.4 Å². The Balaban J connectivity index is 2.17. The fourth-order valence-corrected chi connectivity index (χ4v) is 6.25. The van der Waals surface area contributed by atoms with Crippen LogP contribution in [0.4, 0.5) is 10.1 Å². The summed E-state index contributed by atoms with van der Waals surface area (Å²) in [4.78, 5) is 28.8. The molecule has 0 saturated carbocycles. The summed E-state index contributed by atoms with van der Waals surface area (Å²) in [7, 11) is 1.13. The number of nitrogens with zero attached hydrogens (tertiary/aromatic N) is 2. The van der Waals surface area contributed by atoms with Gasteiger partial charge in [-0.3, -0.25) is 13.9 Å². The van der Waals surface area contributed by atoms with Crippen molar-refractivity contribution in [3.63, 3.8) is 0 Å². The molecule has 0 spiro atoms. The van der Waals surface area contributed by atoms with E-state index in [0.29, 0.717) is 23.6 Å². The fourth-order valence-electron chi connectivity index (χ4n) is 4.82. The van der Waals surface area contributed by atoms with E-state index in [9.17, 15) is 22.4 Å². The van der Waals surface area contributed by atoms with Gasteiger partial charge in [-0.05, 0) is 54.8 Å². The lowest BCUT2D eigenvalue weighted by Crippen LogP contribution is -2.52. The minimum absolute atomic E-state index is 0.0344. The first-order valence-electron chi connectivity index (χ1n) is 14.8. The summed E-state index contributed by atoms with van der Waals surface area (Å²) in [5.74, 6) is -0.542. The molecule has 13 heteroatoms. The number of hydrogen-bond donors (Lipinski definition) is 1. The van der Waals surface area contributed by atoms with Crippen LogP contribution in [-0.4, -0.2) is 72.7 Å². The quantitative estimate of drug-likeness (QED) is 0.206. The maximum atomic E-state index is 14.4. The maximum Gasteiger partial charge on any atom is 0.265 e.